The number of esters is 3. The van der Waals surface area contributed by atoms with E-state index in [9.17, 15) is 74.9 Å². The van der Waals surface area contributed by atoms with Crippen LogP contribution in [0.5, 0.6) is 0 Å². The van der Waals surface area contributed by atoms with Crippen LogP contribution in [0.1, 0.15) is 304 Å². The highest BCUT2D eigenvalue weighted by Gasteiger charge is 2.58. The summed E-state index contributed by atoms with van der Waals surface area (Å²) in [6.07, 6.45) is 8.87. The number of aliphatic hydroxyl groups excluding tert-OH is 10. The molecule has 19 unspecified atom stereocenters. The van der Waals surface area contributed by atoms with Crippen LogP contribution in [-0.4, -0.2) is 204 Å². The van der Waals surface area contributed by atoms with Crippen LogP contribution in [0, 0.1) is 5.92 Å². The van der Waals surface area contributed by atoms with E-state index >= 15 is 0 Å². The molecule has 3 rings (SSSR count). The number of hydrogen-bond donors (Lipinski definition) is 11. The van der Waals surface area contributed by atoms with Gasteiger partial charge in [-0.2, -0.15) is 0 Å². The Morgan fingerprint density at radius 1 is 0.392 bits per heavy atom. The van der Waals surface area contributed by atoms with Crippen LogP contribution in [0.2, 0.25) is 0 Å². The van der Waals surface area contributed by atoms with Gasteiger partial charge in [-0.1, -0.05) is 265 Å². The summed E-state index contributed by atoms with van der Waals surface area (Å²) >= 11 is 0. The second kappa shape index (κ2) is 53.7. The molecule has 0 amide bonds. The van der Waals surface area contributed by atoms with Gasteiger partial charge in [0, 0.05) is 19.3 Å². The van der Waals surface area contributed by atoms with Gasteiger partial charge in [0.15, 0.2) is 18.7 Å². The van der Waals surface area contributed by atoms with E-state index in [1.165, 1.54) is 148 Å². The van der Waals surface area contributed by atoms with Gasteiger partial charge < -0.3 is 89.1 Å². The predicted molar refractivity (Wildman–Crippen MR) is 365 cm³/mol. The van der Waals surface area contributed by atoms with Crippen molar-refractivity contribution in [2.45, 2.75) is 408 Å². The largest absolute Gasteiger partial charge is 0.472 e. The molecule has 1 saturated carbocycles. The van der Waals surface area contributed by atoms with E-state index in [0.29, 0.717) is 25.2 Å². The van der Waals surface area contributed by atoms with Crippen molar-refractivity contribution in [3.63, 3.8) is 0 Å². The molecule has 572 valence electrons. The molecule has 3 aliphatic rings. The Bertz CT molecular complexity index is 2030. The van der Waals surface area contributed by atoms with Gasteiger partial charge in [-0.25, -0.2) is 4.57 Å². The average molecular weight is 1420 g/mol. The van der Waals surface area contributed by atoms with E-state index in [0.717, 1.165) is 89.9 Å². The van der Waals surface area contributed by atoms with Crippen molar-refractivity contribution in [3.05, 3.63) is 0 Å². The molecule has 0 bridgehead atoms. The molecular formula is C72H135O24P. The molecule has 0 aromatic heterocycles. The third-order valence-electron chi connectivity index (χ3n) is 19.3. The molecule has 2 aliphatic heterocycles. The topological polar surface area (TPSA) is 374 Å². The minimum absolute atomic E-state index is 0.0310. The van der Waals surface area contributed by atoms with Gasteiger partial charge in [-0.15, -0.1) is 0 Å². The summed E-state index contributed by atoms with van der Waals surface area (Å²) in [5, 5.41) is 110. The number of unbranched alkanes of at least 4 members (excludes halogenated alkanes) is 34. The lowest BCUT2D eigenvalue weighted by Crippen LogP contribution is -2.69. The lowest BCUT2D eigenvalue weighted by molar-refractivity contribution is -0.360. The number of carbonyl (C=O) groups is 3. The monoisotopic (exact) mass is 1410 g/mol. The Morgan fingerprint density at radius 2 is 0.722 bits per heavy atom. The number of rotatable bonds is 59. The second-order valence-corrected chi connectivity index (χ2v) is 29.4. The molecule has 25 heteroatoms. The van der Waals surface area contributed by atoms with Crippen molar-refractivity contribution in [3.8, 4) is 0 Å². The Hall–Kier alpha value is -2.04. The summed E-state index contributed by atoms with van der Waals surface area (Å²) in [6, 6.07) is 0. The number of phosphoric ester groups is 1. The minimum atomic E-state index is -5.69. The van der Waals surface area contributed by atoms with Crippen molar-refractivity contribution < 1.29 is 117 Å². The maximum Gasteiger partial charge on any atom is 0.472 e. The molecule has 2 saturated heterocycles. The van der Waals surface area contributed by atoms with Crippen molar-refractivity contribution >= 4 is 25.7 Å². The van der Waals surface area contributed by atoms with Crippen molar-refractivity contribution in [1.82, 2.24) is 0 Å². The number of ether oxygens (including phenoxy) is 7. The Balaban J connectivity index is 1.73. The number of carbonyl (C=O) groups excluding carboxylic acids is 3. The summed E-state index contributed by atoms with van der Waals surface area (Å²) in [6.45, 7) is 5.78. The van der Waals surface area contributed by atoms with Crippen LogP contribution in [0.4, 0.5) is 0 Å². The Kier molecular flexibility index (Phi) is 49.4. The quantitative estimate of drug-likeness (QED) is 0.0117. The minimum Gasteiger partial charge on any atom is -0.463 e. The molecule has 1 aliphatic carbocycles. The maximum absolute atomic E-state index is 14.3. The molecule has 0 radical (unpaired) electrons. The fourth-order valence-electron chi connectivity index (χ4n) is 12.9. The third-order valence-corrected chi connectivity index (χ3v) is 20.3. The first-order valence-corrected chi connectivity index (χ1v) is 39.7. The zero-order chi connectivity index (χ0) is 71.2. The van der Waals surface area contributed by atoms with E-state index < -0.39 is 156 Å². The predicted octanol–water partition coefficient (Wildman–Crippen LogP) is 10.4. The van der Waals surface area contributed by atoms with Crippen LogP contribution >= 0.6 is 7.82 Å². The molecule has 2 heterocycles. The SMILES string of the molecule is CCCCCCCCCCCCCCCC(=O)OCC(COP(=O)(O)OC1C(OC2OC(CO)C(O)C(O)C2O)C(O)C(O)C(O)C1OC1OC(COC(=O)CCCCCCCCC(C)CCCCCCCC)C(O)C(O)C1O)OC(=O)CCCCCCCCCCCCCCC. The maximum atomic E-state index is 14.3. The summed E-state index contributed by atoms with van der Waals surface area (Å²) in [5.41, 5.74) is 0. The van der Waals surface area contributed by atoms with Gasteiger partial charge >= 0.3 is 25.7 Å². The molecule has 3 fully saturated rings. The smallest absolute Gasteiger partial charge is 0.463 e. The van der Waals surface area contributed by atoms with Gasteiger partial charge in [-0.05, 0) is 25.2 Å². The zero-order valence-corrected chi connectivity index (χ0v) is 60.7. The number of hydrogen-bond acceptors (Lipinski definition) is 23. The first kappa shape index (κ1) is 89.2. The average Bonchev–Trinajstić information content (AvgIpc) is 0.764. The highest BCUT2D eigenvalue weighted by Crippen LogP contribution is 2.49. The van der Waals surface area contributed by atoms with E-state index in [4.69, 9.17) is 42.2 Å². The molecule has 0 aromatic rings. The van der Waals surface area contributed by atoms with Crippen LogP contribution in [0.25, 0.3) is 0 Å². The van der Waals surface area contributed by atoms with Crippen LogP contribution < -0.4 is 0 Å². The van der Waals surface area contributed by atoms with Gasteiger partial charge in [0.1, 0.15) is 98.7 Å². The molecular weight excluding hydrogens is 1280 g/mol. The van der Waals surface area contributed by atoms with Gasteiger partial charge in [-0.3, -0.25) is 23.4 Å². The third kappa shape index (κ3) is 37.3. The normalized spacial score (nSPS) is 28.1. The Morgan fingerprint density at radius 3 is 1.11 bits per heavy atom. The number of phosphoric acid groups is 1. The van der Waals surface area contributed by atoms with Crippen LogP contribution in [0.15, 0.2) is 0 Å². The van der Waals surface area contributed by atoms with E-state index in [1.54, 1.807) is 0 Å². The van der Waals surface area contributed by atoms with Crippen molar-refractivity contribution in [1.29, 1.82) is 0 Å². The fraction of sp³-hybridized carbons (Fsp3) is 0.958. The molecule has 97 heavy (non-hydrogen) atoms. The lowest BCUT2D eigenvalue weighted by atomic mass is 9.84. The lowest BCUT2D eigenvalue weighted by Gasteiger charge is -2.49. The molecule has 24 nitrogen and oxygen atoms in total. The van der Waals surface area contributed by atoms with Gasteiger partial charge in [0.05, 0.1) is 13.2 Å². The molecule has 11 N–H and O–H groups in total. The summed E-state index contributed by atoms with van der Waals surface area (Å²) in [7, 11) is -5.69. The number of aliphatic hydroxyl groups is 10. The Labute approximate surface area is 580 Å². The van der Waals surface area contributed by atoms with Crippen molar-refractivity contribution in [2.24, 2.45) is 5.92 Å². The second-order valence-electron chi connectivity index (χ2n) is 28.0. The molecule has 0 spiro atoms. The highest BCUT2D eigenvalue weighted by molar-refractivity contribution is 7.47. The molecule has 19 atom stereocenters. The van der Waals surface area contributed by atoms with Crippen molar-refractivity contribution in [2.75, 3.05) is 26.4 Å². The van der Waals surface area contributed by atoms with Gasteiger partial charge in [0.25, 0.3) is 0 Å². The summed E-state index contributed by atoms with van der Waals surface area (Å²) < 4.78 is 65.1. The van der Waals surface area contributed by atoms with Gasteiger partial charge in [0.2, 0.25) is 0 Å². The van der Waals surface area contributed by atoms with Crippen LogP contribution in [-0.2, 0) is 61.2 Å². The fourth-order valence-corrected chi connectivity index (χ4v) is 13.9. The summed E-state index contributed by atoms with van der Waals surface area (Å²) in [5.74, 6) is -1.28. The molecule has 0 aromatic carbocycles. The first-order valence-electron chi connectivity index (χ1n) is 38.2. The van der Waals surface area contributed by atoms with E-state index in [2.05, 4.69) is 27.7 Å². The standard InChI is InChI=1S/C72H135O24P/c1-5-8-11-14-17-19-21-23-25-27-29-35-40-45-56(74)88-49-53(91-58(76)47-42-37-30-28-26-24-22-20-18-15-12-9-6-2)50-90-97(86,87)96-70-68(94-71-66(84)61(79)59(77)54(48-73)92-71)64(82)63(81)65(83)69(70)95-72-67(85)62(80)60(78)55(93-72)51-89-57(75)46-41-36-32-31-34-39-44-52(4)43-38-33-16-13-10-7-3/h52-55,59-73,77-85H,5-51H2,1-4H3,(H,86,87). The zero-order valence-electron chi connectivity index (χ0n) is 59.8. The first-order chi connectivity index (χ1) is 46.7. The van der Waals surface area contributed by atoms with E-state index in [1.807, 2.05) is 0 Å². The van der Waals surface area contributed by atoms with E-state index in [-0.39, 0.29) is 19.3 Å². The van der Waals surface area contributed by atoms with Crippen LogP contribution in [0.3, 0.4) is 0 Å². The summed E-state index contributed by atoms with van der Waals surface area (Å²) in [4.78, 5) is 51.0. The highest BCUT2D eigenvalue weighted by atomic mass is 31.2.